The molecule has 1 atom stereocenters. The van der Waals surface area contributed by atoms with Gasteiger partial charge in [-0.05, 0) is 26.3 Å². The smallest absolute Gasteiger partial charge is 0.227 e. The number of rotatable bonds is 6. The number of carbonyl (C=O) groups excluding carboxylic acids is 1. The fourth-order valence-electron chi connectivity index (χ4n) is 1.77. The summed E-state index contributed by atoms with van der Waals surface area (Å²) in [5.41, 5.74) is 0.419. The molecule has 0 saturated heterocycles. The molecule has 106 valence electrons. The predicted octanol–water partition coefficient (Wildman–Crippen LogP) is 3.53. The molecule has 0 spiro atoms. The summed E-state index contributed by atoms with van der Waals surface area (Å²) in [5.74, 6) is 1.04. The van der Waals surface area contributed by atoms with Gasteiger partial charge in [0.1, 0.15) is 5.75 Å². The molecule has 0 fully saturated rings. The van der Waals surface area contributed by atoms with E-state index in [0.29, 0.717) is 5.88 Å². The van der Waals surface area contributed by atoms with Crippen LogP contribution in [0.5, 0.6) is 5.75 Å². The van der Waals surface area contributed by atoms with Crippen LogP contribution < -0.4 is 10.1 Å². The van der Waals surface area contributed by atoms with Gasteiger partial charge in [0, 0.05) is 11.4 Å². The predicted molar refractivity (Wildman–Crippen MR) is 78.7 cm³/mol. The normalized spacial score (nSPS) is 12.9. The molecule has 0 bridgehead atoms. The molecular formula is C15H22ClNO2. The summed E-state index contributed by atoms with van der Waals surface area (Å²) in [7, 11) is 1.63. The molecule has 0 aliphatic heterocycles. The number of ether oxygens (including phenoxy) is 1. The number of para-hydroxylation sites is 1. The van der Waals surface area contributed by atoms with Gasteiger partial charge in [-0.25, -0.2) is 0 Å². The lowest BCUT2D eigenvalue weighted by Gasteiger charge is -2.26. The van der Waals surface area contributed by atoms with Crippen LogP contribution in [0.15, 0.2) is 24.3 Å². The molecule has 19 heavy (non-hydrogen) atoms. The van der Waals surface area contributed by atoms with Gasteiger partial charge in [-0.15, -0.1) is 11.6 Å². The van der Waals surface area contributed by atoms with E-state index >= 15 is 0 Å². The summed E-state index contributed by atoms with van der Waals surface area (Å²) < 4.78 is 5.34. The summed E-state index contributed by atoms with van der Waals surface area (Å²) in [6.45, 7) is 5.71. The summed E-state index contributed by atoms with van der Waals surface area (Å²) in [4.78, 5) is 12.2. The molecular weight excluding hydrogens is 262 g/mol. The first-order valence-electron chi connectivity index (χ1n) is 6.46. The van der Waals surface area contributed by atoms with Crippen LogP contribution in [-0.4, -0.2) is 18.9 Å². The van der Waals surface area contributed by atoms with Crippen molar-refractivity contribution in [3.8, 4) is 5.75 Å². The lowest BCUT2D eigenvalue weighted by Crippen LogP contribution is -2.40. The number of halogens is 1. The van der Waals surface area contributed by atoms with E-state index in [9.17, 15) is 4.79 Å². The second-order valence-corrected chi connectivity index (χ2v) is 5.46. The van der Waals surface area contributed by atoms with Crippen molar-refractivity contribution in [2.75, 3.05) is 13.0 Å². The molecule has 4 heteroatoms. The average Bonchev–Trinajstić information content (AvgIpc) is 2.44. The van der Waals surface area contributed by atoms with Gasteiger partial charge in [0.2, 0.25) is 5.91 Å². The molecule has 0 heterocycles. The molecule has 0 saturated carbocycles. The Morgan fingerprint density at radius 3 is 2.58 bits per heavy atom. The molecule has 1 N–H and O–H groups in total. The Hall–Kier alpha value is -1.22. The molecule has 1 rings (SSSR count). The highest BCUT2D eigenvalue weighted by Crippen LogP contribution is 2.28. The van der Waals surface area contributed by atoms with Crippen molar-refractivity contribution in [3.63, 3.8) is 0 Å². The molecule has 1 aromatic rings. The van der Waals surface area contributed by atoms with E-state index in [2.05, 4.69) is 5.32 Å². The van der Waals surface area contributed by atoms with E-state index in [1.807, 2.05) is 45.0 Å². The Labute approximate surface area is 120 Å². The van der Waals surface area contributed by atoms with Gasteiger partial charge >= 0.3 is 0 Å². The fourth-order valence-corrected chi connectivity index (χ4v) is 1.89. The Bertz CT molecular complexity index is 432. The van der Waals surface area contributed by atoms with E-state index in [1.165, 1.54) is 0 Å². The SMILES string of the molecule is CCC(NC(=O)C(C)(C)CCl)c1ccccc1OC. The summed E-state index contributed by atoms with van der Waals surface area (Å²) in [6, 6.07) is 7.67. The Morgan fingerprint density at radius 2 is 2.05 bits per heavy atom. The number of hydrogen-bond acceptors (Lipinski definition) is 2. The number of hydrogen-bond donors (Lipinski definition) is 1. The average molecular weight is 284 g/mol. The number of carbonyl (C=O) groups is 1. The largest absolute Gasteiger partial charge is 0.496 e. The summed E-state index contributed by atoms with van der Waals surface area (Å²) >= 11 is 5.83. The molecule has 1 amide bonds. The molecule has 0 aromatic heterocycles. The highest BCUT2D eigenvalue weighted by Gasteiger charge is 2.29. The van der Waals surface area contributed by atoms with Crippen LogP contribution in [0.1, 0.15) is 38.8 Å². The molecule has 0 aliphatic rings. The number of amides is 1. The minimum absolute atomic E-state index is 0.0414. The van der Waals surface area contributed by atoms with Crippen LogP contribution in [0, 0.1) is 5.41 Å². The van der Waals surface area contributed by atoms with Crippen LogP contribution in [0.3, 0.4) is 0 Å². The van der Waals surface area contributed by atoms with Crippen molar-refractivity contribution in [2.45, 2.75) is 33.2 Å². The van der Waals surface area contributed by atoms with Crippen molar-refractivity contribution < 1.29 is 9.53 Å². The third kappa shape index (κ3) is 3.87. The number of methoxy groups -OCH3 is 1. The van der Waals surface area contributed by atoms with Crippen LogP contribution >= 0.6 is 11.6 Å². The first-order chi connectivity index (χ1) is 8.96. The molecule has 0 aliphatic carbocycles. The van der Waals surface area contributed by atoms with E-state index in [4.69, 9.17) is 16.3 Å². The van der Waals surface area contributed by atoms with Gasteiger partial charge < -0.3 is 10.1 Å². The number of alkyl halides is 1. The Balaban J connectivity index is 2.93. The number of nitrogens with one attached hydrogen (secondary N) is 1. The minimum Gasteiger partial charge on any atom is -0.496 e. The first kappa shape index (κ1) is 15.8. The molecule has 1 unspecified atom stereocenters. The third-order valence-corrected chi connectivity index (χ3v) is 3.84. The van der Waals surface area contributed by atoms with Crippen molar-refractivity contribution in [1.82, 2.24) is 5.32 Å². The van der Waals surface area contributed by atoms with Crippen LogP contribution in [0.2, 0.25) is 0 Å². The first-order valence-corrected chi connectivity index (χ1v) is 6.99. The van der Waals surface area contributed by atoms with E-state index < -0.39 is 5.41 Å². The standard InChI is InChI=1S/C15H22ClNO2/c1-5-12(17-14(18)15(2,3)10-16)11-8-6-7-9-13(11)19-4/h6-9,12H,5,10H2,1-4H3,(H,17,18). The van der Waals surface area contributed by atoms with Crippen LogP contribution in [0.4, 0.5) is 0 Å². The topological polar surface area (TPSA) is 38.3 Å². The summed E-state index contributed by atoms with van der Waals surface area (Å²) in [5, 5.41) is 3.05. The molecule has 3 nitrogen and oxygen atoms in total. The van der Waals surface area contributed by atoms with Crippen molar-refractivity contribution >= 4 is 17.5 Å². The number of benzene rings is 1. The van der Waals surface area contributed by atoms with Crippen molar-refractivity contribution in [3.05, 3.63) is 29.8 Å². The van der Waals surface area contributed by atoms with Gasteiger partial charge in [0.25, 0.3) is 0 Å². The highest BCUT2D eigenvalue weighted by atomic mass is 35.5. The second-order valence-electron chi connectivity index (χ2n) is 5.19. The third-order valence-electron chi connectivity index (χ3n) is 3.18. The van der Waals surface area contributed by atoms with Crippen molar-refractivity contribution in [2.24, 2.45) is 5.41 Å². The lowest BCUT2D eigenvalue weighted by atomic mass is 9.93. The summed E-state index contributed by atoms with van der Waals surface area (Å²) in [6.07, 6.45) is 0.796. The van der Waals surface area contributed by atoms with E-state index in [0.717, 1.165) is 17.7 Å². The highest BCUT2D eigenvalue weighted by molar-refractivity contribution is 6.19. The maximum atomic E-state index is 12.2. The molecule has 0 radical (unpaired) electrons. The van der Waals surface area contributed by atoms with Gasteiger partial charge in [0.15, 0.2) is 0 Å². The molecule has 1 aromatic carbocycles. The van der Waals surface area contributed by atoms with Crippen molar-refractivity contribution in [1.29, 1.82) is 0 Å². The van der Waals surface area contributed by atoms with Gasteiger partial charge in [-0.1, -0.05) is 25.1 Å². The maximum Gasteiger partial charge on any atom is 0.227 e. The van der Waals surface area contributed by atoms with E-state index in [-0.39, 0.29) is 11.9 Å². The fraction of sp³-hybridized carbons (Fsp3) is 0.533. The zero-order chi connectivity index (χ0) is 14.5. The lowest BCUT2D eigenvalue weighted by molar-refractivity contribution is -0.129. The quantitative estimate of drug-likeness (QED) is 0.811. The maximum absolute atomic E-state index is 12.2. The van der Waals surface area contributed by atoms with Gasteiger partial charge in [0.05, 0.1) is 18.6 Å². The van der Waals surface area contributed by atoms with Crippen LogP contribution in [0.25, 0.3) is 0 Å². The minimum atomic E-state index is -0.572. The zero-order valence-electron chi connectivity index (χ0n) is 12.0. The Kier molecular flexibility index (Phi) is 5.67. The van der Waals surface area contributed by atoms with E-state index in [1.54, 1.807) is 7.11 Å². The van der Waals surface area contributed by atoms with Crippen LogP contribution in [-0.2, 0) is 4.79 Å². The Morgan fingerprint density at radius 1 is 1.42 bits per heavy atom. The van der Waals surface area contributed by atoms with Gasteiger partial charge in [-0.2, -0.15) is 0 Å². The van der Waals surface area contributed by atoms with Gasteiger partial charge in [-0.3, -0.25) is 4.79 Å². The zero-order valence-corrected chi connectivity index (χ0v) is 12.8. The monoisotopic (exact) mass is 283 g/mol. The second kappa shape index (κ2) is 6.80.